The monoisotopic (exact) mass is 371 g/mol. The molecule has 7 heteroatoms. The second-order valence-corrected chi connectivity index (χ2v) is 8.51. The molecular formula is C19H22BNO4S. The number of anilines is 1. The molecule has 0 radical (unpaired) electrons. The van der Waals surface area contributed by atoms with E-state index in [-0.39, 0.29) is 5.75 Å². The van der Waals surface area contributed by atoms with Gasteiger partial charge in [-0.15, -0.1) is 0 Å². The zero-order chi connectivity index (χ0) is 18.9. The minimum Gasteiger partial charge on any atom is -0.423 e. The van der Waals surface area contributed by atoms with Crippen molar-refractivity contribution in [1.82, 2.24) is 0 Å². The molecule has 3 aromatic carbocycles. The lowest BCUT2D eigenvalue weighted by Crippen LogP contribution is -2.29. The maximum atomic E-state index is 10.9. The summed E-state index contributed by atoms with van der Waals surface area (Å²) >= 11 is 0. The van der Waals surface area contributed by atoms with Gasteiger partial charge in [-0.1, -0.05) is 48.5 Å². The molecule has 0 amide bonds. The van der Waals surface area contributed by atoms with Crippen LogP contribution < -0.4 is 10.4 Å². The van der Waals surface area contributed by atoms with Crippen molar-refractivity contribution in [1.29, 1.82) is 0 Å². The molecule has 0 atom stereocenters. The van der Waals surface area contributed by atoms with Crippen LogP contribution in [-0.2, 0) is 5.75 Å². The number of hydrogen-bond acceptors (Lipinski definition) is 5. The van der Waals surface area contributed by atoms with E-state index >= 15 is 0 Å². The van der Waals surface area contributed by atoms with E-state index in [0.29, 0.717) is 15.9 Å². The van der Waals surface area contributed by atoms with Gasteiger partial charge in [-0.2, -0.15) is 10.6 Å². The van der Waals surface area contributed by atoms with Gasteiger partial charge in [0.05, 0.1) is 10.6 Å². The van der Waals surface area contributed by atoms with E-state index in [4.69, 9.17) is 0 Å². The summed E-state index contributed by atoms with van der Waals surface area (Å²) < 4.78 is 21.8. The Morgan fingerprint density at radius 1 is 0.885 bits per heavy atom. The van der Waals surface area contributed by atoms with Crippen LogP contribution in [0.3, 0.4) is 0 Å². The molecule has 0 bridgehead atoms. The predicted octanol–water partition coefficient (Wildman–Crippen LogP) is 2.90. The van der Waals surface area contributed by atoms with Gasteiger partial charge in [0.15, 0.2) is 0 Å². The fraction of sp³-hybridized carbons (Fsp3) is 0.158. The van der Waals surface area contributed by atoms with E-state index < -0.39 is 17.7 Å². The quantitative estimate of drug-likeness (QED) is 0.519. The molecule has 0 spiro atoms. The number of hydrogen-bond donors (Lipinski definition) is 4. The average molecular weight is 371 g/mol. The zero-order valence-electron chi connectivity index (χ0n) is 14.7. The van der Waals surface area contributed by atoms with Crippen LogP contribution in [0, 0.1) is 0 Å². The smallest absolute Gasteiger partial charge is 0.423 e. The molecule has 0 aromatic heterocycles. The molecule has 0 unspecified atom stereocenters. The van der Waals surface area contributed by atoms with Crippen LogP contribution in [0.5, 0.6) is 0 Å². The molecule has 26 heavy (non-hydrogen) atoms. The van der Waals surface area contributed by atoms with Gasteiger partial charge in [0.25, 0.3) is 0 Å². The lowest BCUT2D eigenvalue weighted by atomic mass is 9.80. The Hall–Kier alpha value is -2.03. The van der Waals surface area contributed by atoms with E-state index in [9.17, 15) is 19.2 Å². The highest BCUT2D eigenvalue weighted by molar-refractivity contribution is 8.23. The Morgan fingerprint density at radius 3 is 2.23 bits per heavy atom. The van der Waals surface area contributed by atoms with Gasteiger partial charge < -0.3 is 14.9 Å². The van der Waals surface area contributed by atoms with Crippen molar-refractivity contribution in [3.63, 3.8) is 0 Å². The van der Waals surface area contributed by atoms with E-state index in [1.807, 2.05) is 49.3 Å². The molecule has 136 valence electrons. The lowest BCUT2D eigenvalue weighted by Gasteiger charge is -2.34. The molecule has 5 nitrogen and oxygen atoms in total. The van der Waals surface area contributed by atoms with Crippen LogP contribution in [0.15, 0.2) is 65.6 Å². The number of benzene rings is 3. The fourth-order valence-corrected chi connectivity index (χ4v) is 4.72. The molecule has 0 aliphatic heterocycles. The van der Waals surface area contributed by atoms with Crippen LogP contribution in [0.25, 0.3) is 10.8 Å². The Balaban J connectivity index is 2.05. The second-order valence-electron chi connectivity index (χ2n) is 6.45. The minimum atomic E-state index is -3.11. The molecule has 0 aliphatic rings. The van der Waals surface area contributed by atoms with Crippen LogP contribution in [0.1, 0.15) is 5.56 Å². The van der Waals surface area contributed by atoms with Crippen molar-refractivity contribution in [2.75, 3.05) is 19.0 Å². The molecule has 3 rings (SSSR count). The third-order valence-electron chi connectivity index (χ3n) is 4.31. The summed E-state index contributed by atoms with van der Waals surface area (Å²) in [5.74, 6) is 0.0128. The molecular weight excluding hydrogens is 349 g/mol. The Bertz CT molecular complexity index is 930. The highest BCUT2D eigenvalue weighted by Gasteiger charge is 2.21. The number of rotatable bonds is 5. The average Bonchev–Trinajstić information content (AvgIpc) is 2.60. The SMILES string of the molecule is CN(C)c1cccc2c(S(O)(O)Cc3cccc(B(O)O)c3)cccc12. The highest BCUT2D eigenvalue weighted by Crippen LogP contribution is 2.53. The van der Waals surface area contributed by atoms with Gasteiger partial charge in [-0.25, -0.2) is 0 Å². The van der Waals surface area contributed by atoms with Gasteiger partial charge in [0.1, 0.15) is 0 Å². The van der Waals surface area contributed by atoms with E-state index in [2.05, 4.69) is 0 Å². The van der Waals surface area contributed by atoms with Crippen molar-refractivity contribution < 1.29 is 19.2 Å². The third kappa shape index (κ3) is 3.72. The lowest BCUT2D eigenvalue weighted by molar-refractivity contribution is 0.425. The maximum absolute atomic E-state index is 10.9. The Morgan fingerprint density at radius 2 is 1.54 bits per heavy atom. The zero-order valence-corrected chi connectivity index (χ0v) is 15.5. The first-order valence-corrected chi connectivity index (χ1v) is 9.91. The summed E-state index contributed by atoms with van der Waals surface area (Å²) in [5.41, 5.74) is 1.96. The van der Waals surface area contributed by atoms with E-state index in [0.717, 1.165) is 16.5 Å². The van der Waals surface area contributed by atoms with Crippen LogP contribution in [-0.4, -0.2) is 40.4 Å². The van der Waals surface area contributed by atoms with E-state index in [1.54, 1.807) is 30.3 Å². The van der Waals surface area contributed by atoms with Gasteiger partial charge in [0, 0.05) is 30.6 Å². The summed E-state index contributed by atoms with van der Waals surface area (Å²) in [6.45, 7) is 0. The molecule has 0 fully saturated rings. The third-order valence-corrected chi connectivity index (χ3v) is 6.11. The van der Waals surface area contributed by atoms with Gasteiger partial charge in [-0.3, -0.25) is 9.11 Å². The number of fused-ring (bicyclic) bond motifs is 1. The Labute approximate surface area is 155 Å². The molecule has 4 N–H and O–H groups in total. The van der Waals surface area contributed by atoms with Gasteiger partial charge in [0.2, 0.25) is 0 Å². The van der Waals surface area contributed by atoms with Crippen molar-refractivity contribution in [2.45, 2.75) is 10.6 Å². The summed E-state index contributed by atoms with van der Waals surface area (Å²) in [4.78, 5) is 2.48. The molecule has 3 aromatic rings. The highest BCUT2D eigenvalue weighted by atomic mass is 32.3. The minimum absolute atomic E-state index is 0.0128. The largest absolute Gasteiger partial charge is 0.488 e. The normalized spacial score (nSPS) is 12.2. The first-order valence-electron chi connectivity index (χ1n) is 8.19. The summed E-state index contributed by atoms with van der Waals surface area (Å²) in [7, 11) is -0.794. The maximum Gasteiger partial charge on any atom is 0.488 e. The topological polar surface area (TPSA) is 84.2 Å². The van der Waals surface area contributed by atoms with Crippen molar-refractivity contribution >= 4 is 39.6 Å². The van der Waals surface area contributed by atoms with Crippen LogP contribution in [0.2, 0.25) is 0 Å². The molecule has 0 heterocycles. The van der Waals surface area contributed by atoms with Crippen molar-refractivity contribution in [2.24, 2.45) is 0 Å². The summed E-state index contributed by atoms with van der Waals surface area (Å²) in [5, 5.41) is 20.4. The first-order chi connectivity index (χ1) is 12.3. The number of nitrogens with zero attached hydrogens (tertiary/aromatic N) is 1. The van der Waals surface area contributed by atoms with Crippen molar-refractivity contribution in [3.05, 3.63) is 66.2 Å². The predicted molar refractivity (Wildman–Crippen MR) is 109 cm³/mol. The fourth-order valence-electron chi connectivity index (χ4n) is 3.09. The molecule has 0 saturated carbocycles. The second kappa shape index (κ2) is 7.30. The molecule has 0 saturated heterocycles. The van der Waals surface area contributed by atoms with Crippen LogP contribution in [0.4, 0.5) is 5.69 Å². The van der Waals surface area contributed by atoms with Gasteiger partial charge >= 0.3 is 7.12 Å². The summed E-state index contributed by atoms with van der Waals surface area (Å²) in [6, 6.07) is 17.9. The van der Waals surface area contributed by atoms with Gasteiger partial charge in [-0.05, 0) is 23.2 Å². The van der Waals surface area contributed by atoms with Crippen molar-refractivity contribution in [3.8, 4) is 0 Å². The molecule has 0 aliphatic carbocycles. The Kier molecular flexibility index (Phi) is 5.27. The standard InChI is InChI=1S/C19H22BNO4S/c1-21(2)18-10-4-9-17-16(18)8-5-11-19(17)26(24,25)13-14-6-3-7-15(12-14)20(22)23/h3-12,22-25H,13H2,1-2H3. The summed E-state index contributed by atoms with van der Waals surface area (Å²) in [6.07, 6.45) is 0. The first kappa shape index (κ1) is 18.8. The van der Waals surface area contributed by atoms with Crippen LogP contribution >= 0.6 is 10.6 Å². The van der Waals surface area contributed by atoms with E-state index in [1.165, 1.54) is 0 Å².